The summed E-state index contributed by atoms with van der Waals surface area (Å²) < 4.78 is 17.6. The Kier molecular flexibility index (Phi) is 4.68. The van der Waals surface area contributed by atoms with Gasteiger partial charge in [0.25, 0.3) is 0 Å². The SMILES string of the molecule is CCc1ccc(Oc2ccc3c(c2)COB3O)c(OC2CCCC2)c1. The molecule has 0 radical (unpaired) electrons. The van der Waals surface area contributed by atoms with Gasteiger partial charge >= 0.3 is 7.12 Å². The Balaban J connectivity index is 1.58. The van der Waals surface area contributed by atoms with Crippen LogP contribution in [0.2, 0.25) is 0 Å². The smallest absolute Gasteiger partial charge is 0.487 e. The Labute approximate surface area is 148 Å². The van der Waals surface area contributed by atoms with E-state index in [1.807, 2.05) is 24.3 Å². The lowest BCUT2D eigenvalue weighted by atomic mass is 9.80. The number of aryl methyl sites for hydroxylation is 1. The molecule has 1 saturated carbocycles. The second-order valence-corrected chi connectivity index (χ2v) is 6.79. The monoisotopic (exact) mass is 338 g/mol. The van der Waals surface area contributed by atoms with Crippen molar-refractivity contribution in [1.29, 1.82) is 0 Å². The molecule has 2 aromatic carbocycles. The number of benzene rings is 2. The molecule has 2 aromatic rings. The van der Waals surface area contributed by atoms with E-state index >= 15 is 0 Å². The maximum atomic E-state index is 9.74. The summed E-state index contributed by atoms with van der Waals surface area (Å²) in [6.07, 6.45) is 5.96. The molecule has 1 aliphatic carbocycles. The fraction of sp³-hybridized carbons (Fsp3) is 0.400. The van der Waals surface area contributed by atoms with Gasteiger partial charge in [-0.1, -0.05) is 19.1 Å². The highest BCUT2D eigenvalue weighted by Gasteiger charge is 2.27. The zero-order valence-corrected chi connectivity index (χ0v) is 14.5. The summed E-state index contributed by atoms with van der Waals surface area (Å²) in [6, 6.07) is 11.8. The van der Waals surface area contributed by atoms with Crippen LogP contribution in [0.1, 0.15) is 43.7 Å². The standard InChI is InChI=1S/C20H23BO4/c1-2-14-7-10-19(20(11-14)24-16-5-3-4-6-16)25-17-8-9-18-15(12-17)13-23-21(18)22/h7-12,16,22H,2-6,13H2,1H3. The molecule has 0 bridgehead atoms. The second kappa shape index (κ2) is 7.10. The molecule has 1 heterocycles. The highest BCUT2D eigenvalue weighted by atomic mass is 16.5. The van der Waals surface area contributed by atoms with Gasteiger partial charge in [0.15, 0.2) is 11.5 Å². The van der Waals surface area contributed by atoms with Gasteiger partial charge in [0.05, 0.1) is 12.7 Å². The van der Waals surface area contributed by atoms with Crippen LogP contribution in [0.3, 0.4) is 0 Å². The van der Waals surface area contributed by atoms with Gasteiger partial charge in [-0.3, -0.25) is 0 Å². The van der Waals surface area contributed by atoms with Crippen molar-refractivity contribution >= 4 is 12.6 Å². The maximum absolute atomic E-state index is 9.74. The van der Waals surface area contributed by atoms with Gasteiger partial charge in [-0.2, -0.15) is 0 Å². The van der Waals surface area contributed by atoms with E-state index in [9.17, 15) is 5.02 Å². The number of ether oxygens (including phenoxy) is 2. The first-order valence-electron chi connectivity index (χ1n) is 9.13. The summed E-state index contributed by atoms with van der Waals surface area (Å²) in [5.41, 5.74) is 3.02. The van der Waals surface area contributed by atoms with Crippen LogP contribution in [0.4, 0.5) is 0 Å². The van der Waals surface area contributed by atoms with Crippen molar-refractivity contribution in [3.05, 3.63) is 47.5 Å². The topological polar surface area (TPSA) is 47.9 Å². The van der Waals surface area contributed by atoms with E-state index in [0.717, 1.165) is 47.5 Å². The van der Waals surface area contributed by atoms with E-state index in [4.69, 9.17) is 14.1 Å². The molecule has 4 nitrogen and oxygen atoms in total. The molecule has 5 heteroatoms. The average molecular weight is 338 g/mol. The number of hydrogen-bond donors (Lipinski definition) is 1. The fourth-order valence-electron chi connectivity index (χ4n) is 3.53. The van der Waals surface area contributed by atoms with E-state index in [2.05, 4.69) is 19.1 Å². The molecule has 25 heavy (non-hydrogen) atoms. The summed E-state index contributed by atoms with van der Waals surface area (Å²) in [6.45, 7) is 2.55. The van der Waals surface area contributed by atoms with Gasteiger partial charge in [-0.15, -0.1) is 0 Å². The minimum Gasteiger partial charge on any atom is -0.487 e. The van der Waals surface area contributed by atoms with Crippen molar-refractivity contribution in [3.63, 3.8) is 0 Å². The number of hydrogen-bond acceptors (Lipinski definition) is 4. The minimum atomic E-state index is -0.825. The van der Waals surface area contributed by atoms with E-state index < -0.39 is 7.12 Å². The molecular formula is C20H23BO4. The molecule has 1 aliphatic heterocycles. The highest BCUT2D eigenvalue weighted by molar-refractivity contribution is 6.61. The average Bonchev–Trinajstić information content (AvgIpc) is 3.26. The van der Waals surface area contributed by atoms with E-state index in [0.29, 0.717) is 6.61 Å². The van der Waals surface area contributed by atoms with Crippen LogP contribution in [0, 0.1) is 0 Å². The minimum absolute atomic E-state index is 0.290. The van der Waals surface area contributed by atoms with Crippen molar-refractivity contribution in [1.82, 2.24) is 0 Å². The quantitative estimate of drug-likeness (QED) is 0.847. The molecule has 1 N–H and O–H groups in total. The molecule has 0 amide bonds. The van der Waals surface area contributed by atoms with Crippen LogP contribution in [0.5, 0.6) is 17.2 Å². The fourth-order valence-corrected chi connectivity index (χ4v) is 3.53. The first-order valence-corrected chi connectivity index (χ1v) is 9.13. The van der Waals surface area contributed by atoms with Crippen LogP contribution >= 0.6 is 0 Å². The van der Waals surface area contributed by atoms with Crippen molar-refractivity contribution in [2.75, 3.05) is 0 Å². The Morgan fingerprint density at radius 3 is 2.76 bits per heavy atom. The second-order valence-electron chi connectivity index (χ2n) is 6.79. The predicted molar refractivity (Wildman–Crippen MR) is 97.6 cm³/mol. The summed E-state index contributed by atoms with van der Waals surface area (Å²) in [5.74, 6) is 2.29. The van der Waals surface area contributed by atoms with Crippen molar-refractivity contribution in [2.24, 2.45) is 0 Å². The largest absolute Gasteiger partial charge is 0.491 e. The predicted octanol–water partition coefficient (Wildman–Crippen LogP) is 3.58. The van der Waals surface area contributed by atoms with Crippen molar-refractivity contribution < 1.29 is 19.2 Å². The summed E-state index contributed by atoms with van der Waals surface area (Å²) in [5, 5.41) is 9.74. The molecule has 0 saturated heterocycles. The van der Waals surface area contributed by atoms with Crippen LogP contribution < -0.4 is 14.9 Å². The Morgan fingerprint density at radius 2 is 1.96 bits per heavy atom. The summed E-state index contributed by atoms with van der Waals surface area (Å²) in [4.78, 5) is 0. The van der Waals surface area contributed by atoms with Gasteiger partial charge < -0.3 is 19.2 Å². The van der Waals surface area contributed by atoms with Crippen molar-refractivity contribution in [2.45, 2.75) is 51.7 Å². The molecule has 0 spiro atoms. The molecule has 4 rings (SSSR count). The van der Waals surface area contributed by atoms with Crippen LogP contribution in [0.15, 0.2) is 36.4 Å². The lowest BCUT2D eigenvalue weighted by molar-refractivity contribution is 0.203. The molecule has 0 atom stereocenters. The van der Waals surface area contributed by atoms with Gasteiger partial charge in [0.1, 0.15) is 5.75 Å². The zero-order chi connectivity index (χ0) is 17.2. The molecular weight excluding hydrogens is 315 g/mol. The third kappa shape index (κ3) is 3.53. The lowest BCUT2D eigenvalue weighted by Gasteiger charge is -2.18. The molecule has 1 fully saturated rings. The number of rotatable bonds is 5. The summed E-state index contributed by atoms with van der Waals surface area (Å²) in [7, 11) is -0.825. The summed E-state index contributed by atoms with van der Waals surface area (Å²) >= 11 is 0. The molecule has 0 unspecified atom stereocenters. The number of fused-ring (bicyclic) bond motifs is 1. The molecule has 130 valence electrons. The van der Waals surface area contributed by atoms with E-state index in [1.165, 1.54) is 18.4 Å². The highest BCUT2D eigenvalue weighted by Crippen LogP contribution is 2.36. The normalized spacial score (nSPS) is 17.0. The first-order chi connectivity index (χ1) is 12.2. The maximum Gasteiger partial charge on any atom is 0.491 e. The van der Waals surface area contributed by atoms with Crippen LogP contribution in [-0.2, 0) is 17.7 Å². The van der Waals surface area contributed by atoms with Gasteiger partial charge in [0, 0.05) is 0 Å². The van der Waals surface area contributed by atoms with Gasteiger partial charge in [-0.05, 0) is 73.0 Å². The Hall–Kier alpha value is -1.98. The third-order valence-corrected chi connectivity index (χ3v) is 5.02. The lowest BCUT2D eigenvalue weighted by Crippen LogP contribution is -2.27. The van der Waals surface area contributed by atoms with Gasteiger partial charge in [-0.25, -0.2) is 0 Å². The Bertz CT molecular complexity index is 755. The Morgan fingerprint density at radius 1 is 1.12 bits per heavy atom. The molecule has 2 aliphatic rings. The first kappa shape index (κ1) is 16.5. The third-order valence-electron chi connectivity index (χ3n) is 5.02. The van der Waals surface area contributed by atoms with E-state index in [1.54, 1.807) is 0 Å². The molecule has 0 aromatic heterocycles. The van der Waals surface area contributed by atoms with Crippen LogP contribution in [-0.4, -0.2) is 18.2 Å². The van der Waals surface area contributed by atoms with E-state index in [-0.39, 0.29) is 6.10 Å². The van der Waals surface area contributed by atoms with Crippen molar-refractivity contribution in [3.8, 4) is 17.2 Å². The van der Waals surface area contributed by atoms with Gasteiger partial charge in [0.2, 0.25) is 0 Å². The van der Waals surface area contributed by atoms with Crippen LogP contribution in [0.25, 0.3) is 0 Å². The zero-order valence-electron chi connectivity index (χ0n) is 14.5.